The molecule has 1 aliphatic rings. The molecule has 3 heteroatoms. The molecule has 3 nitrogen and oxygen atoms in total. The molecule has 1 fully saturated rings. The molecular weight excluding hydrogens is 224 g/mol. The first kappa shape index (κ1) is 15.5. The Kier molecular flexibility index (Phi) is 7.33. The number of rotatable bonds is 7. The summed E-state index contributed by atoms with van der Waals surface area (Å²) in [5, 5.41) is 6.29. The number of carbonyl (C=O) groups is 1. The van der Waals surface area contributed by atoms with Crippen LogP contribution in [0.25, 0.3) is 0 Å². The van der Waals surface area contributed by atoms with Crippen molar-refractivity contribution in [1.82, 2.24) is 10.6 Å². The zero-order valence-corrected chi connectivity index (χ0v) is 12.3. The van der Waals surface area contributed by atoms with E-state index in [9.17, 15) is 4.79 Å². The number of hydrogen-bond donors (Lipinski definition) is 2. The maximum atomic E-state index is 11.7. The second-order valence-corrected chi connectivity index (χ2v) is 5.79. The van der Waals surface area contributed by atoms with Gasteiger partial charge in [-0.1, -0.05) is 33.1 Å². The molecule has 0 saturated heterocycles. The van der Waals surface area contributed by atoms with Crippen LogP contribution in [0.2, 0.25) is 0 Å². The third kappa shape index (κ3) is 5.85. The van der Waals surface area contributed by atoms with Crippen molar-refractivity contribution in [1.29, 1.82) is 0 Å². The van der Waals surface area contributed by atoms with Gasteiger partial charge in [0, 0.05) is 12.6 Å². The molecule has 18 heavy (non-hydrogen) atoms. The average Bonchev–Trinajstić information content (AvgIpc) is 2.42. The molecule has 0 aliphatic heterocycles. The lowest BCUT2D eigenvalue weighted by Gasteiger charge is -2.27. The summed E-state index contributed by atoms with van der Waals surface area (Å²) in [4.78, 5) is 11.7. The van der Waals surface area contributed by atoms with Gasteiger partial charge in [0.1, 0.15) is 0 Å². The molecule has 0 spiro atoms. The van der Waals surface area contributed by atoms with Gasteiger partial charge in [-0.25, -0.2) is 0 Å². The minimum Gasteiger partial charge on any atom is -0.355 e. The molecule has 1 amide bonds. The minimum absolute atomic E-state index is 0.146. The Bertz CT molecular complexity index is 235. The standard InChI is InChI=1S/C15H30N2O/c1-4-12(3)16-11-15(18)17-10-14-8-6-13(5-2)7-9-14/h12-14,16H,4-11H2,1-3H3,(H,17,18). The number of nitrogens with one attached hydrogen (secondary N) is 2. The van der Waals surface area contributed by atoms with Crippen LogP contribution in [-0.4, -0.2) is 25.0 Å². The van der Waals surface area contributed by atoms with Gasteiger partial charge in [0.2, 0.25) is 5.91 Å². The van der Waals surface area contributed by atoms with E-state index in [1.807, 2.05) is 0 Å². The molecule has 1 atom stereocenters. The van der Waals surface area contributed by atoms with Crippen LogP contribution in [0.3, 0.4) is 0 Å². The zero-order chi connectivity index (χ0) is 13.4. The second kappa shape index (κ2) is 8.52. The predicted octanol–water partition coefficient (Wildman–Crippen LogP) is 2.71. The predicted molar refractivity (Wildman–Crippen MR) is 76.5 cm³/mol. The van der Waals surface area contributed by atoms with Crippen molar-refractivity contribution in [3.63, 3.8) is 0 Å². The van der Waals surface area contributed by atoms with Crippen molar-refractivity contribution in [2.24, 2.45) is 11.8 Å². The molecule has 1 rings (SSSR count). The first-order valence-electron chi connectivity index (χ1n) is 7.65. The molecule has 106 valence electrons. The third-order valence-corrected chi connectivity index (χ3v) is 4.36. The molecule has 1 saturated carbocycles. The van der Waals surface area contributed by atoms with Gasteiger partial charge >= 0.3 is 0 Å². The molecule has 0 aromatic carbocycles. The monoisotopic (exact) mass is 254 g/mol. The molecule has 0 bridgehead atoms. The molecule has 0 aromatic heterocycles. The summed E-state index contributed by atoms with van der Waals surface area (Å²) in [5.74, 6) is 1.79. The Labute approximate surface area is 112 Å². The first-order valence-corrected chi connectivity index (χ1v) is 7.65. The van der Waals surface area contributed by atoms with Gasteiger partial charge in [-0.3, -0.25) is 4.79 Å². The fourth-order valence-electron chi connectivity index (χ4n) is 2.58. The lowest BCUT2D eigenvalue weighted by atomic mass is 9.81. The molecule has 0 heterocycles. The highest BCUT2D eigenvalue weighted by Crippen LogP contribution is 2.29. The fourth-order valence-corrected chi connectivity index (χ4v) is 2.58. The normalized spacial score (nSPS) is 25.7. The van der Waals surface area contributed by atoms with Crippen LogP contribution < -0.4 is 10.6 Å². The van der Waals surface area contributed by atoms with Crippen LogP contribution in [0.4, 0.5) is 0 Å². The van der Waals surface area contributed by atoms with E-state index in [0.29, 0.717) is 18.5 Å². The highest BCUT2D eigenvalue weighted by Gasteiger charge is 2.20. The van der Waals surface area contributed by atoms with Crippen molar-refractivity contribution in [3.8, 4) is 0 Å². The van der Waals surface area contributed by atoms with Crippen LogP contribution in [0.5, 0.6) is 0 Å². The van der Waals surface area contributed by atoms with E-state index in [-0.39, 0.29) is 5.91 Å². The van der Waals surface area contributed by atoms with Crippen molar-refractivity contribution in [3.05, 3.63) is 0 Å². The highest BCUT2D eigenvalue weighted by atomic mass is 16.1. The summed E-state index contributed by atoms with van der Waals surface area (Å²) in [5.41, 5.74) is 0. The van der Waals surface area contributed by atoms with Gasteiger partial charge in [-0.05, 0) is 38.0 Å². The quantitative estimate of drug-likeness (QED) is 0.733. The van der Waals surface area contributed by atoms with Crippen LogP contribution in [0.1, 0.15) is 59.3 Å². The van der Waals surface area contributed by atoms with Gasteiger partial charge < -0.3 is 10.6 Å². The molecule has 2 N–H and O–H groups in total. The number of carbonyl (C=O) groups excluding carboxylic acids is 1. The van der Waals surface area contributed by atoms with Gasteiger partial charge in [-0.2, -0.15) is 0 Å². The van der Waals surface area contributed by atoms with Crippen LogP contribution in [0.15, 0.2) is 0 Å². The zero-order valence-electron chi connectivity index (χ0n) is 12.3. The lowest BCUT2D eigenvalue weighted by molar-refractivity contribution is -0.120. The van der Waals surface area contributed by atoms with Crippen molar-refractivity contribution in [2.75, 3.05) is 13.1 Å². The van der Waals surface area contributed by atoms with Gasteiger partial charge in [0.05, 0.1) is 6.54 Å². The van der Waals surface area contributed by atoms with Crippen molar-refractivity contribution in [2.45, 2.75) is 65.3 Å². The Morgan fingerprint density at radius 1 is 1.17 bits per heavy atom. The third-order valence-electron chi connectivity index (χ3n) is 4.36. The Hall–Kier alpha value is -0.570. The maximum absolute atomic E-state index is 11.7. The first-order chi connectivity index (χ1) is 8.65. The van der Waals surface area contributed by atoms with Crippen LogP contribution >= 0.6 is 0 Å². The van der Waals surface area contributed by atoms with Crippen LogP contribution in [-0.2, 0) is 4.79 Å². The Morgan fingerprint density at radius 2 is 1.78 bits per heavy atom. The summed E-state index contributed by atoms with van der Waals surface area (Å²) >= 11 is 0. The number of amides is 1. The molecule has 1 unspecified atom stereocenters. The van der Waals surface area contributed by atoms with E-state index in [4.69, 9.17) is 0 Å². The summed E-state index contributed by atoms with van der Waals surface area (Å²) in [7, 11) is 0. The minimum atomic E-state index is 0.146. The van der Waals surface area contributed by atoms with E-state index in [2.05, 4.69) is 31.4 Å². The Morgan fingerprint density at radius 3 is 2.33 bits per heavy atom. The maximum Gasteiger partial charge on any atom is 0.233 e. The molecule has 0 radical (unpaired) electrons. The lowest BCUT2D eigenvalue weighted by Crippen LogP contribution is -2.40. The van der Waals surface area contributed by atoms with E-state index >= 15 is 0 Å². The summed E-state index contributed by atoms with van der Waals surface area (Å²) < 4.78 is 0. The van der Waals surface area contributed by atoms with Gasteiger partial charge in [0.15, 0.2) is 0 Å². The van der Waals surface area contributed by atoms with E-state index in [0.717, 1.165) is 18.9 Å². The number of hydrogen-bond acceptors (Lipinski definition) is 2. The average molecular weight is 254 g/mol. The largest absolute Gasteiger partial charge is 0.355 e. The van der Waals surface area contributed by atoms with Crippen molar-refractivity contribution < 1.29 is 4.79 Å². The SMILES string of the molecule is CCC1CCC(CNC(=O)CNC(C)CC)CC1. The summed E-state index contributed by atoms with van der Waals surface area (Å²) in [6.45, 7) is 7.85. The topological polar surface area (TPSA) is 41.1 Å². The summed E-state index contributed by atoms with van der Waals surface area (Å²) in [6, 6.07) is 0.427. The smallest absolute Gasteiger partial charge is 0.233 e. The Balaban J connectivity index is 2.08. The highest BCUT2D eigenvalue weighted by molar-refractivity contribution is 5.77. The van der Waals surface area contributed by atoms with Crippen molar-refractivity contribution >= 4 is 5.91 Å². The molecular formula is C15H30N2O. The molecule has 1 aliphatic carbocycles. The fraction of sp³-hybridized carbons (Fsp3) is 0.933. The van der Waals surface area contributed by atoms with Gasteiger partial charge in [0.25, 0.3) is 0 Å². The summed E-state index contributed by atoms with van der Waals surface area (Å²) in [6.07, 6.45) is 7.66. The van der Waals surface area contributed by atoms with E-state index < -0.39 is 0 Å². The van der Waals surface area contributed by atoms with Gasteiger partial charge in [-0.15, -0.1) is 0 Å². The molecule has 0 aromatic rings. The van der Waals surface area contributed by atoms with E-state index in [1.165, 1.54) is 32.1 Å². The second-order valence-electron chi connectivity index (χ2n) is 5.79. The van der Waals surface area contributed by atoms with Crippen LogP contribution in [0, 0.1) is 11.8 Å². The van der Waals surface area contributed by atoms with E-state index in [1.54, 1.807) is 0 Å².